The second-order valence-electron chi connectivity index (χ2n) is 6.56. The number of fused-ring (bicyclic) bond motifs is 1. The van der Waals surface area contributed by atoms with Crippen molar-refractivity contribution in [2.24, 2.45) is 4.99 Å². The smallest absolute Gasteiger partial charge is 0.252 e. The highest BCUT2D eigenvalue weighted by atomic mass is 32.1. The quantitative estimate of drug-likeness (QED) is 0.587. The molecule has 0 unspecified atom stereocenters. The number of ether oxygens (including phenoxy) is 2. The Morgan fingerprint density at radius 2 is 1.86 bits per heavy atom. The lowest BCUT2D eigenvalue weighted by Gasteiger charge is -2.08. The maximum Gasteiger partial charge on any atom is 0.252 e. The minimum atomic E-state index is -0.174. The van der Waals surface area contributed by atoms with Crippen LogP contribution in [-0.2, 0) is 17.8 Å². The zero-order valence-electron chi connectivity index (χ0n) is 16.6. The van der Waals surface area contributed by atoms with Crippen LogP contribution in [0.1, 0.15) is 16.7 Å². The van der Waals surface area contributed by atoms with Crippen LogP contribution >= 0.6 is 11.3 Å². The molecule has 1 aromatic heterocycles. The van der Waals surface area contributed by atoms with Crippen molar-refractivity contribution in [3.8, 4) is 11.5 Å². The van der Waals surface area contributed by atoms with E-state index in [4.69, 9.17) is 9.47 Å². The summed E-state index contributed by atoms with van der Waals surface area (Å²) >= 11 is 1.45. The summed E-state index contributed by atoms with van der Waals surface area (Å²) in [5, 5.41) is 0. The summed E-state index contributed by atoms with van der Waals surface area (Å²) < 4.78 is 13.7. The molecule has 0 spiro atoms. The SMILES string of the molecule is C=CCn1c(=NC(=O)Cc2ccc(C)c(C)c2)sc2cc(OC)c(OC)cc21. The molecule has 1 heterocycles. The molecule has 0 atom stereocenters. The van der Waals surface area contributed by atoms with E-state index in [-0.39, 0.29) is 12.3 Å². The molecule has 0 saturated heterocycles. The first-order chi connectivity index (χ1) is 13.5. The van der Waals surface area contributed by atoms with Crippen molar-refractivity contribution in [1.82, 2.24) is 4.57 Å². The average Bonchev–Trinajstić information content (AvgIpc) is 2.99. The van der Waals surface area contributed by atoms with Crippen molar-refractivity contribution >= 4 is 27.5 Å². The fourth-order valence-corrected chi connectivity index (χ4v) is 4.09. The molecule has 0 radical (unpaired) electrons. The van der Waals surface area contributed by atoms with Crippen LogP contribution in [0.15, 0.2) is 48.0 Å². The van der Waals surface area contributed by atoms with E-state index in [1.54, 1.807) is 20.3 Å². The van der Waals surface area contributed by atoms with Gasteiger partial charge >= 0.3 is 0 Å². The molecule has 0 fully saturated rings. The Morgan fingerprint density at radius 1 is 1.14 bits per heavy atom. The second kappa shape index (κ2) is 8.44. The molecule has 146 valence electrons. The Hall–Kier alpha value is -2.86. The fourth-order valence-electron chi connectivity index (χ4n) is 3.02. The molecule has 0 aliphatic carbocycles. The van der Waals surface area contributed by atoms with Crippen LogP contribution in [0.2, 0.25) is 0 Å². The highest BCUT2D eigenvalue weighted by Gasteiger charge is 2.13. The molecule has 0 aliphatic heterocycles. The zero-order valence-corrected chi connectivity index (χ0v) is 17.4. The summed E-state index contributed by atoms with van der Waals surface area (Å²) in [6.45, 7) is 8.48. The van der Waals surface area contributed by atoms with Crippen LogP contribution in [0, 0.1) is 13.8 Å². The van der Waals surface area contributed by atoms with Crippen LogP contribution in [0.5, 0.6) is 11.5 Å². The third-order valence-corrected chi connectivity index (χ3v) is 5.69. The van der Waals surface area contributed by atoms with E-state index in [1.807, 2.05) is 41.8 Å². The molecule has 0 N–H and O–H groups in total. The van der Waals surface area contributed by atoms with E-state index >= 15 is 0 Å². The van der Waals surface area contributed by atoms with E-state index in [0.717, 1.165) is 15.8 Å². The topological polar surface area (TPSA) is 52.8 Å². The number of allylic oxidation sites excluding steroid dienone is 1. The van der Waals surface area contributed by atoms with Gasteiger partial charge in [-0.3, -0.25) is 4.79 Å². The molecular formula is C22H24N2O3S. The van der Waals surface area contributed by atoms with E-state index in [9.17, 15) is 4.79 Å². The molecule has 3 rings (SSSR count). The van der Waals surface area contributed by atoms with Gasteiger partial charge in [-0.2, -0.15) is 4.99 Å². The van der Waals surface area contributed by atoms with Crippen molar-refractivity contribution in [2.45, 2.75) is 26.8 Å². The molecule has 0 bridgehead atoms. The van der Waals surface area contributed by atoms with Gasteiger partial charge in [0.15, 0.2) is 16.3 Å². The maximum atomic E-state index is 12.6. The fraction of sp³-hybridized carbons (Fsp3) is 0.273. The number of hydrogen-bond donors (Lipinski definition) is 0. The molecule has 0 aliphatic rings. The van der Waals surface area contributed by atoms with Gasteiger partial charge in [0.1, 0.15) is 0 Å². The van der Waals surface area contributed by atoms with Gasteiger partial charge in [0.25, 0.3) is 5.91 Å². The van der Waals surface area contributed by atoms with Crippen LogP contribution < -0.4 is 14.3 Å². The molecular weight excluding hydrogens is 372 g/mol. The van der Waals surface area contributed by atoms with Gasteiger partial charge in [-0.25, -0.2) is 0 Å². The number of nitrogens with zero attached hydrogens (tertiary/aromatic N) is 2. The van der Waals surface area contributed by atoms with Crippen molar-refractivity contribution in [3.05, 3.63) is 64.5 Å². The van der Waals surface area contributed by atoms with Crippen LogP contribution in [0.4, 0.5) is 0 Å². The summed E-state index contributed by atoms with van der Waals surface area (Å²) in [6.07, 6.45) is 2.06. The van der Waals surface area contributed by atoms with E-state index < -0.39 is 0 Å². The summed E-state index contributed by atoms with van der Waals surface area (Å²) in [7, 11) is 3.21. The number of aryl methyl sites for hydroxylation is 2. The van der Waals surface area contributed by atoms with E-state index in [2.05, 4.69) is 18.5 Å². The number of thiazole rings is 1. The van der Waals surface area contributed by atoms with E-state index in [1.165, 1.54) is 22.5 Å². The molecule has 1 amide bonds. The molecule has 28 heavy (non-hydrogen) atoms. The number of rotatable bonds is 6. The standard InChI is InChI=1S/C22H24N2O3S/c1-6-9-24-17-12-18(26-4)19(27-5)13-20(17)28-22(24)23-21(25)11-16-8-7-14(2)15(3)10-16/h6-8,10,12-13H,1,9,11H2,2-5H3. The average molecular weight is 397 g/mol. The third kappa shape index (κ3) is 4.02. The van der Waals surface area contributed by atoms with E-state index in [0.29, 0.717) is 22.8 Å². The minimum Gasteiger partial charge on any atom is -0.493 e. The van der Waals surface area contributed by atoms with Gasteiger partial charge in [0.2, 0.25) is 0 Å². The monoisotopic (exact) mass is 396 g/mol. The Morgan fingerprint density at radius 3 is 2.50 bits per heavy atom. The summed E-state index contributed by atoms with van der Waals surface area (Å²) in [5.41, 5.74) is 4.29. The Labute approximate surface area is 168 Å². The Balaban J connectivity index is 2.04. The lowest BCUT2D eigenvalue weighted by Crippen LogP contribution is -2.17. The number of aromatic nitrogens is 1. The lowest BCUT2D eigenvalue weighted by atomic mass is 10.0. The van der Waals surface area contributed by atoms with Crippen LogP contribution in [0.25, 0.3) is 10.2 Å². The van der Waals surface area contributed by atoms with Gasteiger partial charge in [-0.05, 0) is 30.5 Å². The number of hydrogen-bond acceptors (Lipinski definition) is 4. The predicted octanol–water partition coefficient (Wildman–Crippen LogP) is 4.19. The molecule has 5 nitrogen and oxygen atoms in total. The number of benzene rings is 2. The highest BCUT2D eigenvalue weighted by Crippen LogP contribution is 2.33. The van der Waals surface area contributed by atoms with Crippen molar-refractivity contribution < 1.29 is 14.3 Å². The molecule has 0 saturated carbocycles. The lowest BCUT2D eigenvalue weighted by molar-refractivity contribution is -0.117. The van der Waals surface area contributed by atoms with Gasteiger partial charge in [-0.1, -0.05) is 35.6 Å². The van der Waals surface area contributed by atoms with Gasteiger partial charge in [0.05, 0.1) is 30.9 Å². The van der Waals surface area contributed by atoms with Gasteiger partial charge < -0.3 is 14.0 Å². The molecule has 3 aromatic rings. The minimum absolute atomic E-state index is 0.174. The normalized spacial score (nSPS) is 11.6. The summed E-state index contributed by atoms with van der Waals surface area (Å²) in [4.78, 5) is 17.6. The molecule has 2 aromatic carbocycles. The Bertz CT molecular complexity index is 1110. The highest BCUT2D eigenvalue weighted by molar-refractivity contribution is 7.16. The second-order valence-corrected chi connectivity index (χ2v) is 7.57. The first-order valence-electron chi connectivity index (χ1n) is 8.96. The van der Waals surface area contributed by atoms with Crippen molar-refractivity contribution in [2.75, 3.05) is 14.2 Å². The van der Waals surface area contributed by atoms with Crippen molar-refractivity contribution in [1.29, 1.82) is 0 Å². The van der Waals surface area contributed by atoms with Gasteiger partial charge in [0, 0.05) is 18.7 Å². The zero-order chi connectivity index (χ0) is 20.3. The van der Waals surface area contributed by atoms with Crippen LogP contribution in [0.3, 0.4) is 0 Å². The number of methoxy groups -OCH3 is 2. The summed E-state index contributed by atoms with van der Waals surface area (Å²) in [5.74, 6) is 1.11. The first-order valence-corrected chi connectivity index (χ1v) is 9.78. The number of amides is 1. The largest absolute Gasteiger partial charge is 0.493 e. The van der Waals surface area contributed by atoms with Crippen molar-refractivity contribution in [3.63, 3.8) is 0 Å². The molecule has 6 heteroatoms. The first kappa shape index (κ1) is 19.9. The summed E-state index contributed by atoms with van der Waals surface area (Å²) in [6, 6.07) is 9.87. The number of carbonyl (C=O) groups is 1. The van der Waals surface area contributed by atoms with Crippen LogP contribution in [-0.4, -0.2) is 24.7 Å². The third-order valence-electron chi connectivity index (χ3n) is 4.65. The Kier molecular flexibility index (Phi) is 5.99. The predicted molar refractivity (Wildman–Crippen MR) is 113 cm³/mol. The van der Waals surface area contributed by atoms with Gasteiger partial charge in [-0.15, -0.1) is 6.58 Å². The maximum absolute atomic E-state index is 12.6. The number of carbonyl (C=O) groups excluding carboxylic acids is 1.